The molecule has 0 saturated heterocycles. The van der Waals surface area contributed by atoms with Gasteiger partial charge in [0.2, 0.25) is 0 Å². The third kappa shape index (κ3) is 5.29. The molecule has 0 aliphatic rings. The number of halogens is 1. The number of benzene rings is 2. The molecule has 0 aromatic heterocycles. The van der Waals surface area contributed by atoms with Gasteiger partial charge in [-0.15, -0.1) is 0 Å². The van der Waals surface area contributed by atoms with Gasteiger partial charge >= 0.3 is 0 Å². The quantitative estimate of drug-likeness (QED) is 0.603. The Labute approximate surface area is 167 Å². The molecule has 1 N–H and O–H groups in total. The molecule has 0 spiro atoms. The van der Waals surface area contributed by atoms with Crippen LogP contribution in [-0.4, -0.2) is 33.3 Å². The number of hydrogen-bond acceptors (Lipinski definition) is 5. The Balaban J connectivity index is 2.24. The van der Waals surface area contributed by atoms with Crippen molar-refractivity contribution in [1.82, 2.24) is 0 Å². The number of rotatable bonds is 9. The van der Waals surface area contributed by atoms with Crippen LogP contribution in [-0.2, 0) is 0 Å². The fraction of sp³-hybridized carbons (Fsp3) is 0.350. The van der Waals surface area contributed by atoms with Crippen LogP contribution in [0.4, 0.5) is 5.69 Å². The molecular weight excluding hydrogens is 414 g/mol. The van der Waals surface area contributed by atoms with E-state index in [1.54, 1.807) is 44.6 Å². The number of hydrogen-bond donors (Lipinski definition) is 1. The van der Waals surface area contributed by atoms with Crippen molar-refractivity contribution in [3.8, 4) is 23.0 Å². The first-order valence-corrected chi connectivity index (χ1v) is 9.45. The summed E-state index contributed by atoms with van der Waals surface area (Å²) >= 11 is 3.45. The van der Waals surface area contributed by atoms with Crippen molar-refractivity contribution in [2.24, 2.45) is 0 Å². The lowest BCUT2D eigenvalue weighted by atomic mass is 10.1. The van der Waals surface area contributed by atoms with E-state index in [0.717, 1.165) is 6.42 Å². The topological polar surface area (TPSA) is 66.0 Å². The first-order chi connectivity index (χ1) is 13.0. The van der Waals surface area contributed by atoms with Gasteiger partial charge in [0.1, 0.15) is 0 Å². The fourth-order valence-corrected chi connectivity index (χ4v) is 2.97. The predicted molar refractivity (Wildman–Crippen MR) is 109 cm³/mol. The molecular formula is C20H24BrNO5. The summed E-state index contributed by atoms with van der Waals surface area (Å²) in [6, 6.07) is 8.59. The number of ether oxygens (including phenoxy) is 4. The maximum absolute atomic E-state index is 12.7. The lowest BCUT2D eigenvalue weighted by Gasteiger charge is -2.15. The van der Waals surface area contributed by atoms with E-state index >= 15 is 0 Å². The molecule has 7 heteroatoms. The zero-order valence-corrected chi connectivity index (χ0v) is 17.5. The van der Waals surface area contributed by atoms with Gasteiger partial charge in [-0.05, 0) is 53.5 Å². The second kappa shape index (κ2) is 10.1. The molecule has 0 atom stereocenters. The van der Waals surface area contributed by atoms with E-state index < -0.39 is 0 Å². The SMILES string of the molecule is CCCOc1c(Br)cc(C(=O)Nc2ccc(OCC)c(OC)c2)cc1OC. The largest absolute Gasteiger partial charge is 0.493 e. The highest BCUT2D eigenvalue weighted by Crippen LogP contribution is 2.37. The Morgan fingerprint density at radius 1 is 1.00 bits per heavy atom. The van der Waals surface area contributed by atoms with Gasteiger partial charge in [-0.3, -0.25) is 4.79 Å². The highest BCUT2D eigenvalue weighted by atomic mass is 79.9. The Hall–Kier alpha value is -2.41. The Morgan fingerprint density at radius 3 is 2.37 bits per heavy atom. The second-order valence-electron chi connectivity index (χ2n) is 5.59. The summed E-state index contributed by atoms with van der Waals surface area (Å²) in [4.78, 5) is 12.7. The molecule has 0 saturated carbocycles. The zero-order chi connectivity index (χ0) is 19.8. The summed E-state index contributed by atoms with van der Waals surface area (Å²) < 4.78 is 22.5. The van der Waals surface area contributed by atoms with Crippen LogP contribution in [0.5, 0.6) is 23.0 Å². The first-order valence-electron chi connectivity index (χ1n) is 8.66. The lowest BCUT2D eigenvalue weighted by Crippen LogP contribution is -2.13. The maximum atomic E-state index is 12.7. The number of carbonyl (C=O) groups is 1. The standard InChI is InChI=1S/C20H24BrNO5/c1-5-9-27-19-15(21)10-13(11-18(19)25-4)20(23)22-14-7-8-16(26-6-2)17(12-14)24-3/h7-8,10-12H,5-6,9H2,1-4H3,(H,22,23). The molecule has 146 valence electrons. The smallest absolute Gasteiger partial charge is 0.255 e. The fourth-order valence-electron chi connectivity index (χ4n) is 2.42. The first kappa shape index (κ1) is 20.9. The number of methoxy groups -OCH3 is 2. The molecule has 0 aliphatic heterocycles. The van der Waals surface area contributed by atoms with Gasteiger partial charge in [0.05, 0.1) is 31.9 Å². The number of nitrogens with one attached hydrogen (secondary N) is 1. The summed E-state index contributed by atoms with van der Waals surface area (Å²) in [7, 11) is 3.10. The van der Waals surface area contributed by atoms with E-state index in [0.29, 0.717) is 51.9 Å². The van der Waals surface area contributed by atoms with Crippen LogP contribution in [0.15, 0.2) is 34.8 Å². The van der Waals surface area contributed by atoms with Gasteiger partial charge in [0.15, 0.2) is 23.0 Å². The van der Waals surface area contributed by atoms with E-state index in [-0.39, 0.29) is 5.91 Å². The van der Waals surface area contributed by atoms with Gasteiger partial charge in [0.25, 0.3) is 5.91 Å². The van der Waals surface area contributed by atoms with Crippen molar-refractivity contribution in [1.29, 1.82) is 0 Å². The van der Waals surface area contributed by atoms with Gasteiger partial charge in [0, 0.05) is 17.3 Å². The van der Waals surface area contributed by atoms with Gasteiger partial charge < -0.3 is 24.3 Å². The van der Waals surface area contributed by atoms with Crippen LogP contribution in [0.3, 0.4) is 0 Å². The minimum Gasteiger partial charge on any atom is -0.493 e. The Morgan fingerprint density at radius 2 is 1.74 bits per heavy atom. The minimum atomic E-state index is -0.276. The van der Waals surface area contributed by atoms with Crippen molar-refractivity contribution in [3.05, 3.63) is 40.4 Å². The monoisotopic (exact) mass is 437 g/mol. The van der Waals surface area contributed by atoms with Gasteiger partial charge in [-0.2, -0.15) is 0 Å². The molecule has 1 amide bonds. The van der Waals surface area contributed by atoms with Gasteiger partial charge in [-0.1, -0.05) is 6.92 Å². The summed E-state index contributed by atoms with van der Waals surface area (Å²) in [5, 5.41) is 2.85. The summed E-state index contributed by atoms with van der Waals surface area (Å²) in [6.45, 7) is 5.01. The molecule has 0 fully saturated rings. The van der Waals surface area contributed by atoms with E-state index in [4.69, 9.17) is 18.9 Å². The minimum absolute atomic E-state index is 0.276. The number of amides is 1. The van der Waals surface area contributed by atoms with Gasteiger partial charge in [-0.25, -0.2) is 0 Å². The highest BCUT2D eigenvalue weighted by Gasteiger charge is 2.16. The molecule has 0 heterocycles. The third-order valence-corrected chi connectivity index (χ3v) is 4.25. The van der Waals surface area contributed by atoms with Crippen molar-refractivity contribution in [2.45, 2.75) is 20.3 Å². The summed E-state index contributed by atoms with van der Waals surface area (Å²) in [5.74, 6) is 1.98. The molecule has 2 rings (SSSR count). The normalized spacial score (nSPS) is 10.3. The molecule has 0 aliphatic carbocycles. The molecule has 0 unspecified atom stereocenters. The van der Waals surface area contributed by atoms with Crippen molar-refractivity contribution in [3.63, 3.8) is 0 Å². The Kier molecular flexibility index (Phi) is 7.79. The van der Waals surface area contributed by atoms with Crippen molar-refractivity contribution in [2.75, 3.05) is 32.8 Å². The van der Waals surface area contributed by atoms with Crippen LogP contribution in [0.25, 0.3) is 0 Å². The molecule has 6 nitrogen and oxygen atoms in total. The van der Waals surface area contributed by atoms with Crippen molar-refractivity contribution >= 4 is 27.5 Å². The lowest BCUT2D eigenvalue weighted by molar-refractivity contribution is 0.102. The van der Waals surface area contributed by atoms with E-state index in [1.807, 2.05) is 13.8 Å². The van der Waals surface area contributed by atoms with Crippen LogP contribution < -0.4 is 24.3 Å². The van der Waals surface area contributed by atoms with Crippen LogP contribution in [0, 0.1) is 0 Å². The predicted octanol–water partition coefficient (Wildman–Crippen LogP) is 4.91. The van der Waals surface area contributed by atoms with Crippen LogP contribution in [0.1, 0.15) is 30.6 Å². The van der Waals surface area contributed by atoms with Crippen LogP contribution in [0.2, 0.25) is 0 Å². The number of anilines is 1. The molecule has 2 aromatic rings. The average molecular weight is 438 g/mol. The van der Waals surface area contributed by atoms with E-state index in [1.165, 1.54) is 0 Å². The summed E-state index contributed by atoms with van der Waals surface area (Å²) in [5.41, 5.74) is 1.04. The summed E-state index contributed by atoms with van der Waals surface area (Å²) in [6.07, 6.45) is 0.872. The van der Waals surface area contributed by atoms with E-state index in [2.05, 4.69) is 21.2 Å². The molecule has 27 heavy (non-hydrogen) atoms. The number of carbonyl (C=O) groups excluding carboxylic acids is 1. The second-order valence-corrected chi connectivity index (χ2v) is 6.45. The zero-order valence-electron chi connectivity index (χ0n) is 15.9. The van der Waals surface area contributed by atoms with Crippen LogP contribution >= 0.6 is 15.9 Å². The Bertz CT molecular complexity index is 794. The van der Waals surface area contributed by atoms with E-state index in [9.17, 15) is 4.79 Å². The average Bonchev–Trinajstić information content (AvgIpc) is 2.67. The third-order valence-electron chi connectivity index (χ3n) is 3.66. The maximum Gasteiger partial charge on any atom is 0.255 e. The molecule has 0 radical (unpaired) electrons. The highest BCUT2D eigenvalue weighted by molar-refractivity contribution is 9.10. The molecule has 2 aromatic carbocycles. The van der Waals surface area contributed by atoms with Crippen molar-refractivity contribution < 1.29 is 23.7 Å². The molecule has 0 bridgehead atoms.